The molecule has 0 unspecified atom stereocenters. The van der Waals surface area contributed by atoms with Crippen molar-refractivity contribution in [2.24, 2.45) is 0 Å². The number of aryl methyl sites for hydroxylation is 1. The van der Waals surface area contributed by atoms with Crippen LogP contribution >= 0.6 is 0 Å². The molecule has 0 aliphatic carbocycles. The summed E-state index contributed by atoms with van der Waals surface area (Å²) in [5.74, 6) is -1.24. The van der Waals surface area contributed by atoms with E-state index in [1.54, 1.807) is 17.0 Å². The second-order valence-electron chi connectivity index (χ2n) is 9.29. The first-order valence-electron chi connectivity index (χ1n) is 12.6. The molecule has 0 spiro atoms. The van der Waals surface area contributed by atoms with Crippen LogP contribution in [-0.4, -0.2) is 25.3 Å². The molecule has 1 aliphatic rings. The van der Waals surface area contributed by atoms with Crippen molar-refractivity contribution in [3.8, 4) is 11.5 Å². The summed E-state index contributed by atoms with van der Waals surface area (Å²) in [7, 11) is 0. The minimum atomic E-state index is -0.883. The number of aromatic nitrogens is 3. The summed E-state index contributed by atoms with van der Waals surface area (Å²) in [5.41, 5.74) is 3.77. The lowest BCUT2D eigenvalue weighted by atomic mass is 10.0. The number of para-hydroxylation sites is 1. The Morgan fingerprint density at radius 3 is 2.41 bits per heavy atom. The van der Waals surface area contributed by atoms with Crippen molar-refractivity contribution < 1.29 is 18.0 Å². The van der Waals surface area contributed by atoms with E-state index >= 15 is 0 Å². The van der Waals surface area contributed by atoms with Crippen molar-refractivity contribution in [3.05, 3.63) is 131 Å². The second kappa shape index (κ2) is 9.83. The average Bonchev–Trinajstić information content (AvgIpc) is 3.52. The summed E-state index contributed by atoms with van der Waals surface area (Å²) < 4.78 is 45.8. The van der Waals surface area contributed by atoms with Gasteiger partial charge in [-0.1, -0.05) is 37.3 Å². The Bertz CT molecular complexity index is 1660. The number of carbonyl (C=O) groups excluding carboxylic acids is 1. The first kappa shape index (κ1) is 24.5. The van der Waals surface area contributed by atoms with E-state index in [-0.39, 0.29) is 12.2 Å². The number of anilines is 1. The third kappa shape index (κ3) is 4.35. The molecule has 6 nitrogen and oxygen atoms in total. The van der Waals surface area contributed by atoms with Gasteiger partial charge in [-0.15, -0.1) is 0 Å². The molecule has 39 heavy (non-hydrogen) atoms. The zero-order valence-corrected chi connectivity index (χ0v) is 21.0. The molecule has 2 aromatic heterocycles. The highest BCUT2D eigenvalue weighted by Crippen LogP contribution is 2.39. The Labute approximate surface area is 222 Å². The van der Waals surface area contributed by atoms with Crippen molar-refractivity contribution in [1.82, 2.24) is 19.2 Å². The number of halogens is 3. The van der Waals surface area contributed by atoms with Gasteiger partial charge in [0.25, 0.3) is 0 Å². The van der Waals surface area contributed by atoms with Gasteiger partial charge in [0.05, 0.1) is 35.3 Å². The van der Waals surface area contributed by atoms with Gasteiger partial charge in [0.1, 0.15) is 23.3 Å². The van der Waals surface area contributed by atoms with Crippen LogP contribution < -0.4 is 5.32 Å². The molecule has 0 bridgehead atoms. The topological polar surface area (TPSA) is 55.1 Å². The molecule has 1 atom stereocenters. The van der Waals surface area contributed by atoms with Crippen molar-refractivity contribution >= 4 is 11.7 Å². The van der Waals surface area contributed by atoms with Gasteiger partial charge in [0, 0.05) is 17.8 Å². The molecule has 2 amide bonds. The molecule has 0 radical (unpaired) electrons. The number of hydrogen-bond acceptors (Lipinski definition) is 2. The average molecular weight is 528 g/mol. The Balaban J connectivity index is 1.54. The molecule has 1 N–H and O–H groups in total. The zero-order valence-electron chi connectivity index (χ0n) is 21.0. The largest absolute Gasteiger partial charge is 0.323 e. The predicted molar refractivity (Wildman–Crippen MR) is 141 cm³/mol. The van der Waals surface area contributed by atoms with Crippen molar-refractivity contribution in [3.63, 3.8) is 0 Å². The maximum atomic E-state index is 14.5. The maximum Gasteiger partial charge on any atom is 0.323 e. The number of fused-ring (bicyclic) bond motifs is 3. The lowest BCUT2D eigenvalue weighted by Gasteiger charge is -2.31. The quantitative estimate of drug-likeness (QED) is 0.280. The Hall–Kier alpha value is -4.79. The fraction of sp³-hybridized carbons (Fsp3) is 0.133. The van der Waals surface area contributed by atoms with Crippen LogP contribution in [0.2, 0.25) is 0 Å². The smallest absolute Gasteiger partial charge is 0.307 e. The van der Waals surface area contributed by atoms with Crippen LogP contribution in [0.4, 0.5) is 23.7 Å². The SMILES string of the molecule is CCc1nn(-c2ccccc2)c2c1CN(C(=O)Nc1ccc(F)cc1F)[C@@H](c1ccc(F)cc1)c1cccn1-2. The highest BCUT2D eigenvalue weighted by atomic mass is 19.1. The molecular weight excluding hydrogens is 503 g/mol. The maximum absolute atomic E-state index is 14.5. The second-order valence-corrected chi connectivity index (χ2v) is 9.29. The summed E-state index contributed by atoms with van der Waals surface area (Å²) in [6.45, 7) is 2.14. The van der Waals surface area contributed by atoms with E-state index in [0.29, 0.717) is 12.0 Å². The summed E-state index contributed by atoms with van der Waals surface area (Å²) in [5, 5.41) is 7.51. The van der Waals surface area contributed by atoms with E-state index in [1.807, 2.05) is 64.8 Å². The minimum absolute atomic E-state index is 0.143. The molecule has 0 fully saturated rings. The predicted octanol–water partition coefficient (Wildman–Crippen LogP) is 6.78. The first-order valence-corrected chi connectivity index (χ1v) is 12.6. The van der Waals surface area contributed by atoms with E-state index in [2.05, 4.69) is 5.32 Å². The highest BCUT2D eigenvalue weighted by Gasteiger charge is 2.36. The van der Waals surface area contributed by atoms with Crippen LogP contribution in [-0.2, 0) is 13.0 Å². The van der Waals surface area contributed by atoms with Crippen molar-refractivity contribution in [1.29, 1.82) is 0 Å². The number of hydrogen-bond donors (Lipinski definition) is 1. The number of rotatable bonds is 4. The van der Waals surface area contributed by atoms with Gasteiger partial charge in [-0.05, 0) is 60.5 Å². The molecule has 5 aromatic rings. The number of nitrogens with zero attached hydrogens (tertiary/aromatic N) is 4. The summed E-state index contributed by atoms with van der Waals surface area (Å²) in [4.78, 5) is 15.4. The number of benzene rings is 3. The van der Waals surface area contributed by atoms with Gasteiger partial charge < -0.3 is 14.8 Å². The minimum Gasteiger partial charge on any atom is -0.307 e. The molecule has 0 saturated heterocycles. The summed E-state index contributed by atoms with van der Waals surface area (Å²) in [6, 6.07) is 21.2. The summed E-state index contributed by atoms with van der Waals surface area (Å²) in [6.07, 6.45) is 2.52. The van der Waals surface area contributed by atoms with Gasteiger partial charge in [0.2, 0.25) is 0 Å². The normalized spacial score (nSPS) is 14.5. The fourth-order valence-corrected chi connectivity index (χ4v) is 5.12. The molecule has 0 saturated carbocycles. The molecular formula is C30H24F3N5O. The molecule has 196 valence electrons. The lowest BCUT2D eigenvalue weighted by Crippen LogP contribution is -2.38. The third-order valence-electron chi connectivity index (χ3n) is 6.92. The Morgan fingerprint density at radius 2 is 1.69 bits per heavy atom. The molecule has 6 rings (SSSR count). The van der Waals surface area contributed by atoms with Gasteiger partial charge in [-0.25, -0.2) is 22.6 Å². The number of carbonyl (C=O) groups is 1. The van der Waals surface area contributed by atoms with Crippen LogP contribution in [0.1, 0.15) is 35.5 Å². The fourth-order valence-electron chi connectivity index (χ4n) is 5.12. The molecule has 1 aliphatic heterocycles. The van der Waals surface area contributed by atoms with Gasteiger partial charge in [0.15, 0.2) is 0 Å². The van der Waals surface area contributed by atoms with Crippen molar-refractivity contribution in [2.45, 2.75) is 25.9 Å². The highest BCUT2D eigenvalue weighted by molar-refractivity contribution is 5.90. The van der Waals surface area contributed by atoms with Gasteiger partial charge in [-0.2, -0.15) is 5.10 Å². The van der Waals surface area contributed by atoms with Crippen LogP contribution in [0.25, 0.3) is 11.5 Å². The first-order chi connectivity index (χ1) is 18.9. The van der Waals surface area contributed by atoms with E-state index in [4.69, 9.17) is 5.10 Å². The Kier molecular flexibility index (Phi) is 6.18. The standard InChI is InChI=1S/C30H24F3N5O/c1-2-25-23-18-37(30(39)34-26-15-14-21(32)17-24(26)33)28(19-10-12-20(31)13-11-19)27-9-6-16-36(27)29(23)38(35-25)22-7-4-3-5-8-22/h3-17,28H,2,18H2,1H3,(H,34,39)/t28-/m0/s1. The van der Waals surface area contributed by atoms with Crippen molar-refractivity contribution in [2.75, 3.05) is 5.32 Å². The van der Waals surface area contributed by atoms with Crippen LogP contribution in [0.3, 0.4) is 0 Å². The molecule has 3 heterocycles. The van der Waals surface area contributed by atoms with Crippen LogP contribution in [0.5, 0.6) is 0 Å². The van der Waals surface area contributed by atoms with Gasteiger partial charge in [-0.3, -0.25) is 0 Å². The number of amides is 2. The van der Waals surface area contributed by atoms with E-state index in [9.17, 15) is 18.0 Å². The number of urea groups is 1. The third-order valence-corrected chi connectivity index (χ3v) is 6.92. The number of nitrogens with one attached hydrogen (secondary N) is 1. The van der Waals surface area contributed by atoms with E-state index in [1.165, 1.54) is 18.2 Å². The van der Waals surface area contributed by atoms with E-state index < -0.39 is 29.5 Å². The zero-order chi connectivity index (χ0) is 27.1. The monoisotopic (exact) mass is 527 g/mol. The van der Waals surface area contributed by atoms with Gasteiger partial charge >= 0.3 is 6.03 Å². The molecule has 3 aromatic carbocycles. The Morgan fingerprint density at radius 1 is 0.949 bits per heavy atom. The van der Waals surface area contributed by atoms with Crippen LogP contribution in [0.15, 0.2) is 91.1 Å². The van der Waals surface area contributed by atoms with E-state index in [0.717, 1.165) is 40.6 Å². The lowest BCUT2D eigenvalue weighted by molar-refractivity contribution is 0.194. The summed E-state index contributed by atoms with van der Waals surface area (Å²) >= 11 is 0. The molecule has 9 heteroatoms. The van der Waals surface area contributed by atoms with Crippen LogP contribution in [0, 0.1) is 17.5 Å².